The number of carbonyl (C=O) groups is 2. The molecule has 1 amide bonds. The first-order chi connectivity index (χ1) is 17.3. The Kier molecular flexibility index (Phi) is 11.1. The maximum absolute atomic E-state index is 13.4. The van der Waals surface area contributed by atoms with Gasteiger partial charge < -0.3 is 15.3 Å². The largest absolute Gasteiger partial charge is 0.490 e. The van der Waals surface area contributed by atoms with E-state index in [-0.39, 0.29) is 30.3 Å². The lowest BCUT2D eigenvalue weighted by Gasteiger charge is -2.29. The Morgan fingerprint density at radius 2 is 1.65 bits per heavy atom. The molecule has 0 saturated carbocycles. The van der Waals surface area contributed by atoms with E-state index < -0.39 is 22.2 Å². The number of hydrogen-bond donors (Lipinski definition) is 2. The summed E-state index contributed by atoms with van der Waals surface area (Å²) in [5.41, 5.74) is 3.08. The van der Waals surface area contributed by atoms with Gasteiger partial charge in [-0.15, -0.1) is 0 Å². The summed E-state index contributed by atoms with van der Waals surface area (Å²) in [5, 5.41) is 10.4. The Balaban J connectivity index is 0.000000604. The molecule has 0 spiro atoms. The molecule has 0 aliphatic carbocycles. The van der Waals surface area contributed by atoms with Gasteiger partial charge in [-0.05, 0) is 36.6 Å². The molecule has 3 rings (SSSR count). The summed E-state index contributed by atoms with van der Waals surface area (Å²) < 4.78 is 60.0. The van der Waals surface area contributed by atoms with Crippen LogP contribution in [0.5, 0.6) is 0 Å². The van der Waals surface area contributed by atoms with Crippen molar-refractivity contribution in [1.82, 2.24) is 14.5 Å². The summed E-state index contributed by atoms with van der Waals surface area (Å²) in [5.74, 6) is -2.75. The number of alkyl halides is 3. The van der Waals surface area contributed by atoms with Gasteiger partial charge in [0.05, 0.1) is 4.90 Å². The van der Waals surface area contributed by atoms with E-state index in [0.717, 1.165) is 36.2 Å². The number of carbonyl (C=O) groups excluding carboxylic acids is 1. The summed E-state index contributed by atoms with van der Waals surface area (Å²) in [7, 11) is -3.71. The van der Waals surface area contributed by atoms with E-state index in [9.17, 15) is 26.4 Å². The van der Waals surface area contributed by atoms with Gasteiger partial charge in [-0.1, -0.05) is 48.9 Å². The summed E-state index contributed by atoms with van der Waals surface area (Å²) in [6, 6.07) is 14.9. The van der Waals surface area contributed by atoms with E-state index in [1.165, 1.54) is 4.31 Å². The SMILES string of the molecule is CCc1ccc(S(=O)(=O)N(CCC(=O)N2CCNCC2)Cc2cccc(C)c2)cc1.O=C(O)C(F)(F)F. The molecule has 37 heavy (non-hydrogen) atoms. The monoisotopic (exact) mass is 543 g/mol. The molecular weight excluding hydrogens is 511 g/mol. The Labute approximate surface area is 215 Å². The third-order valence-corrected chi connectivity index (χ3v) is 7.56. The fourth-order valence-corrected chi connectivity index (χ4v) is 5.07. The zero-order valence-corrected chi connectivity index (χ0v) is 21.6. The summed E-state index contributed by atoms with van der Waals surface area (Å²) >= 11 is 0. The number of nitrogens with zero attached hydrogens (tertiary/aromatic N) is 2. The van der Waals surface area contributed by atoms with Crippen LogP contribution >= 0.6 is 0 Å². The third-order valence-electron chi connectivity index (χ3n) is 5.70. The Morgan fingerprint density at radius 1 is 1.05 bits per heavy atom. The molecule has 0 unspecified atom stereocenters. The normalized spacial score (nSPS) is 14.2. The van der Waals surface area contributed by atoms with Gasteiger partial charge in [0.15, 0.2) is 0 Å². The van der Waals surface area contributed by atoms with Gasteiger partial charge in [0.2, 0.25) is 15.9 Å². The zero-order chi connectivity index (χ0) is 27.6. The van der Waals surface area contributed by atoms with Crippen LogP contribution in [0.25, 0.3) is 0 Å². The number of piperazine rings is 1. The Bertz CT molecular complexity index is 1150. The van der Waals surface area contributed by atoms with Crippen molar-refractivity contribution in [3.05, 3.63) is 65.2 Å². The van der Waals surface area contributed by atoms with Crippen LogP contribution in [0.15, 0.2) is 53.4 Å². The molecule has 2 N–H and O–H groups in total. The molecule has 0 radical (unpaired) electrons. The van der Waals surface area contributed by atoms with Crippen LogP contribution in [0, 0.1) is 6.92 Å². The van der Waals surface area contributed by atoms with Crippen molar-refractivity contribution in [3.63, 3.8) is 0 Å². The molecule has 1 aliphatic rings. The quantitative estimate of drug-likeness (QED) is 0.530. The van der Waals surface area contributed by atoms with E-state index in [2.05, 4.69) is 5.32 Å². The van der Waals surface area contributed by atoms with Gasteiger partial charge in [-0.2, -0.15) is 17.5 Å². The zero-order valence-electron chi connectivity index (χ0n) is 20.8. The number of halogens is 3. The van der Waals surface area contributed by atoms with E-state index in [4.69, 9.17) is 9.90 Å². The van der Waals surface area contributed by atoms with Crippen LogP contribution in [-0.2, 0) is 32.6 Å². The number of nitrogens with one attached hydrogen (secondary N) is 1. The van der Waals surface area contributed by atoms with Crippen LogP contribution in [0.1, 0.15) is 30.0 Å². The lowest BCUT2D eigenvalue weighted by atomic mass is 10.1. The minimum absolute atomic E-state index is 0.00210. The number of sulfonamides is 1. The minimum Gasteiger partial charge on any atom is -0.475 e. The molecule has 2 aromatic carbocycles. The number of benzene rings is 2. The van der Waals surface area contributed by atoms with Crippen LogP contribution in [-0.4, -0.2) is 73.5 Å². The topological polar surface area (TPSA) is 107 Å². The van der Waals surface area contributed by atoms with Crippen molar-refractivity contribution in [2.75, 3.05) is 32.7 Å². The lowest BCUT2D eigenvalue weighted by Crippen LogP contribution is -2.47. The van der Waals surface area contributed by atoms with Crippen molar-refractivity contribution in [2.45, 2.75) is 44.3 Å². The van der Waals surface area contributed by atoms with Crippen LogP contribution in [0.2, 0.25) is 0 Å². The second-order valence-corrected chi connectivity index (χ2v) is 10.4. The molecule has 0 aromatic heterocycles. The minimum atomic E-state index is -5.08. The van der Waals surface area contributed by atoms with Crippen molar-refractivity contribution >= 4 is 21.9 Å². The standard InChI is InChI=1S/C23H31N3O3S.C2HF3O2/c1-3-20-7-9-22(10-8-20)30(28,29)26(18-21-6-4-5-19(2)17-21)14-11-23(27)25-15-12-24-13-16-25;3-2(4,5)1(6)7/h4-10,17,24H,3,11-16,18H2,1-2H3;(H,6,7). The van der Waals surface area contributed by atoms with Crippen LogP contribution < -0.4 is 5.32 Å². The average molecular weight is 544 g/mol. The van der Waals surface area contributed by atoms with Gasteiger partial charge in [0, 0.05) is 45.7 Å². The van der Waals surface area contributed by atoms with Gasteiger partial charge >= 0.3 is 12.1 Å². The number of carboxylic acids is 1. The molecule has 0 atom stereocenters. The molecule has 8 nitrogen and oxygen atoms in total. The predicted molar refractivity (Wildman–Crippen MR) is 132 cm³/mol. The summed E-state index contributed by atoms with van der Waals surface area (Å²) in [6.07, 6.45) is -4.05. The first-order valence-corrected chi connectivity index (χ1v) is 13.2. The van der Waals surface area contributed by atoms with Crippen molar-refractivity contribution < 1.29 is 36.3 Å². The molecule has 1 fully saturated rings. The number of hydrogen-bond acceptors (Lipinski definition) is 5. The van der Waals surface area contributed by atoms with E-state index in [0.29, 0.717) is 13.1 Å². The number of rotatable bonds is 8. The molecule has 12 heteroatoms. The second kappa shape index (κ2) is 13.5. The molecular formula is C25H32F3N3O5S. The first kappa shape index (κ1) is 30.3. The van der Waals surface area contributed by atoms with Crippen LogP contribution in [0.4, 0.5) is 13.2 Å². The highest BCUT2D eigenvalue weighted by atomic mass is 32.2. The highest BCUT2D eigenvalue weighted by molar-refractivity contribution is 7.89. The van der Waals surface area contributed by atoms with Gasteiger partial charge in [0.25, 0.3) is 0 Å². The Morgan fingerprint density at radius 3 is 2.16 bits per heavy atom. The average Bonchev–Trinajstić information content (AvgIpc) is 2.86. The van der Waals surface area contributed by atoms with E-state index in [1.807, 2.05) is 55.1 Å². The molecule has 1 aliphatic heterocycles. The number of aliphatic carboxylic acids is 1. The molecule has 2 aromatic rings. The highest BCUT2D eigenvalue weighted by Crippen LogP contribution is 2.21. The lowest BCUT2D eigenvalue weighted by molar-refractivity contribution is -0.192. The Hall–Kier alpha value is -2.96. The maximum atomic E-state index is 13.4. The predicted octanol–water partition coefficient (Wildman–Crippen LogP) is 3.20. The highest BCUT2D eigenvalue weighted by Gasteiger charge is 2.38. The second-order valence-electron chi connectivity index (χ2n) is 8.51. The van der Waals surface area contributed by atoms with Crippen molar-refractivity contribution in [1.29, 1.82) is 0 Å². The van der Waals surface area contributed by atoms with Crippen molar-refractivity contribution in [3.8, 4) is 0 Å². The van der Waals surface area contributed by atoms with Gasteiger partial charge in [-0.3, -0.25) is 4.79 Å². The molecule has 1 heterocycles. The van der Waals surface area contributed by atoms with Crippen LogP contribution in [0.3, 0.4) is 0 Å². The smallest absolute Gasteiger partial charge is 0.475 e. The number of carboxylic acid groups (broad SMARTS) is 1. The summed E-state index contributed by atoms with van der Waals surface area (Å²) in [6.45, 7) is 7.32. The van der Waals surface area contributed by atoms with Gasteiger partial charge in [0.1, 0.15) is 0 Å². The first-order valence-electron chi connectivity index (χ1n) is 11.8. The summed E-state index contributed by atoms with van der Waals surface area (Å²) in [4.78, 5) is 23.6. The number of amides is 1. The fraction of sp³-hybridized carbons (Fsp3) is 0.440. The van der Waals surface area contributed by atoms with Gasteiger partial charge in [-0.25, -0.2) is 13.2 Å². The maximum Gasteiger partial charge on any atom is 0.490 e. The van der Waals surface area contributed by atoms with Crippen molar-refractivity contribution in [2.24, 2.45) is 0 Å². The fourth-order valence-electron chi connectivity index (χ4n) is 3.64. The van der Waals surface area contributed by atoms with E-state index in [1.54, 1.807) is 12.1 Å². The van der Waals surface area contributed by atoms with E-state index >= 15 is 0 Å². The third kappa shape index (κ3) is 9.45. The molecule has 204 valence electrons. The molecule has 0 bridgehead atoms. The molecule has 1 saturated heterocycles. The number of aryl methyl sites for hydroxylation is 2.